The van der Waals surface area contributed by atoms with E-state index in [1.165, 1.54) is 0 Å². The molecular formula is C4H6F2O4S. The smallest absolute Gasteiger partial charge is 0.439 e. The summed E-state index contributed by atoms with van der Waals surface area (Å²) in [7, 11) is -4.83. The first-order valence-electron chi connectivity index (χ1n) is 2.59. The second kappa shape index (κ2) is 2.72. The molecule has 0 aromatic rings. The first-order chi connectivity index (χ1) is 4.75. The molecule has 0 amide bonds. The highest BCUT2D eigenvalue weighted by Crippen LogP contribution is 2.22. The zero-order chi connectivity index (χ0) is 9.28. The van der Waals surface area contributed by atoms with Crippen LogP contribution in [0.3, 0.4) is 0 Å². The van der Waals surface area contributed by atoms with Crippen LogP contribution < -0.4 is 0 Å². The molecule has 7 heteroatoms. The number of carbonyl (C=O) groups is 1. The average Bonchev–Trinajstić information content (AvgIpc) is 1.87. The molecule has 0 radical (unpaired) electrons. The molecule has 11 heavy (non-hydrogen) atoms. The SMILES string of the molecule is CCS(=O)(=O)C(F)(F)C(=O)O. The van der Waals surface area contributed by atoms with Gasteiger partial charge in [0.25, 0.3) is 0 Å². The first-order valence-corrected chi connectivity index (χ1v) is 4.24. The van der Waals surface area contributed by atoms with E-state index in [1.54, 1.807) is 0 Å². The van der Waals surface area contributed by atoms with E-state index in [0.717, 1.165) is 6.92 Å². The van der Waals surface area contributed by atoms with Crippen LogP contribution in [0.25, 0.3) is 0 Å². The molecule has 0 aliphatic carbocycles. The lowest BCUT2D eigenvalue weighted by molar-refractivity contribution is -0.153. The van der Waals surface area contributed by atoms with E-state index >= 15 is 0 Å². The highest BCUT2D eigenvalue weighted by Gasteiger charge is 2.51. The van der Waals surface area contributed by atoms with Gasteiger partial charge in [0.2, 0.25) is 9.84 Å². The second-order valence-electron chi connectivity index (χ2n) is 1.73. The van der Waals surface area contributed by atoms with Crippen molar-refractivity contribution in [3.05, 3.63) is 0 Å². The summed E-state index contributed by atoms with van der Waals surface area (Å²) < 4.78 is 44.9. The van der Waals surface area contributed by atoms with Gasteiger partial charge in [0.15, 0.2) is 0 Å². The minimum Gasteiger partial charge on any atom is -0.476 e. The maximum Gasteiger partial charge on any atom is 0.439 e. The highest BCUT2D eigenvalue weighted by atomic mass is 32.2. The number of hydrogen-bond donors (Lipinski definition) is 1. The third-order valence-electron chi connectivity index (χ3n) is 1.02. The van der Waals surface area contributed by atoms with Crippen LogP contribution in [-0.4, -0.2) is 30.5 Å². The Morgan fingerprint density at radius 1 is 1.55 bits per heavy atom. The average molecular weight is 188 g/mol. The van der Waals surface area contributed by atoms with Crippen molar-refractivity contribution in [2.24, 2.45) is 0 Å². The Balaban J connectivity index is 5.01. The molecule has 0 atom stereocenters. The van der Waals surface area contributed by atoms with Crippen LogP contribution in [-0.2, 0) is 14.6 Å². The second-order valence-corrected chi connectivity index (χ2v) is 4.04. The summed E-state index contributed by atoms with van der Waals surface area (Å²) in [5.74, 6) is -3.54. The lowest BCUT2D eigenvalue weighted by Gasteiger charge is -2.09. The van der Waals surface area contributed by atoms with Gasteiger partial charge >= 0.3 is 11.2 Å². The summed E-state index contributed by atoms with van der Waals surface area (Å²) in [4.78, 5) is 9.70. The Morgan fingerprint density at radius 3 is 2.00 bits per heavy atom. The molecule has 0 aliphatic rings. The van der Waals surface area contributed by atoms with Crippen molar-refractivity contribution in [1.82, 2.24) is 0 Å². The van der Waals surface area contributed by atoms with E-state index in [0.29, 0.717) is 0 Å². The Hall–Kier alpha value is -0.720. The van der Waals surface area contributed by atoms with E-state index in [-0.39, 0.29) is 0 Å². The third kappa shape index (κ3) is 1.65. The molecule has 0 aromatic heterocycles. The molecule has 66 valence electrons. The quantitative estimate of drug-likeness (QED) is 0.681. The van der Waals surface area contributed by atoms with Crippen LogP contribution in [0.2, 0.25) is 0 Å². The molecule has 0 rings (SSSR count). The predicted molar refractivity (Wildman–Crippen MR) is 32.0 cm³/mol. The molecule has 1 N–H and O–H groups in total. The van der Waals surface area contributed by atoms with Crippen molar-refractivity contribution in [2.75, 3.05) is 5.75 Å². The number of rotatable bonds is 3. The van der Waals surface area contributed by atoms with E-state index in [1.807, 2.05) is 0 Å². The van der Waals surface area contributed by atoms with E-state index in [9.17, 15) is 22.0 Å². The van der Waals surface area contributed by atoms with Crippen LogP contribution in [0.5, 0.6) is 0 Å². The van der Waals surface area contributed by atoms with Gasteiger partial charge < -0.3 is 5.11 Å². The monoisotopic (exact) mass is 188 g/mol. The van der Waals surface area contributed by atoms with Crippen molar-refractivity contribution in [2.45, 2.75) is 12.2 Å². The van der Waals surface area contributed by atoms with Gasteiger partial charge in [0, 0.05) is 0 Å². The van der Waals surface area contributed by atoms with Gasteiger partial charge in [0.1, 0.15) is 0 Å². The van der Waals surface area contributed by atoms with E-state index < -0.39 is 26.8 Å². The number of aliphatic carboxylic acids is 1. The number of alkyl halides is 2. The van der Waals surface area contributed by atoms with Gasteiger partial charge in [-0.2, -0.15) is 8.78 Å². The lowest BCUT2D eigenvalue weighted by Crippen LogP contribution is -2.38. The largest absolute Gasteiger partial charge is 0.476 e. The summed E-state index contributed by atoms with van der Waals surface area (Å²) in [5, 5.41) is 3.11. The number of halogens is 2. The lowest BCUT2D eigenvalue weighted by atomic mass is 10.7. The molecule has 0 aromatic carbocycles. The maximum atomic E-state index is 12.1. The topological polar surface area (TPSA) is 71.4 Å². The van der Waals surface area contributed by atoms with Gasteiger partial charge in [-0.05, 0) is 0 Å². The summed E-state index contributed by atoms with van der Waals surface area (Å²) >= 11 is 0. The van der Waals surface area contributed by atoms with Gasteiger partial charge in [-0.15, -0.1) is 0 Å². The Labute approximate surface area is 61.7 Å². The number of carboxylic acid groups (broad SMARTS) is 1. The van der Waals surface area contributed by atoms with Crippen molar-refractivity contribution >= 4 is 15.8 Å². The van der Waals surface area contributed by atoms with Crippen molar-refractivity contribution in [3.8, 4) is 0 Å². The van der Waals surface area contributed by atoms with Crippen molar-refractivity contribution < 1.29 is 27.1 Å². The van der Waals surface area contributed by atoms with Crippen LogP contribution in [0, 0.1) is 0 Å². The third-order valence-corrected chi connectivity index (χ3v) is 2.74. The molecule has 0 saturated heterocycles. The van der Waals surface area contributed by atoms with Crippen LogP contribution in [0.4, 0.5) is 8.78 Å². The van der Waals surface area contributed by atoms with E-state index in [4.69, 9.17) is 5.11 Å². The number of hydrogen-bond acceptors (Lipinski definition) is 3. The first kappa shape index (κ1) is 10.3. The number of carboxylic acids is 1. The van der Waals surface area contributed by atoms with Crippen molar-refractivity contribution in [1.29, 1.82) is 0 Å². The summed E-state index contributed by atoms with van der Waals surface area (Å²) in [6.07, 6.45) is 0. The molecule has 0 unspecified atom stereocenters. The molecule has 0 aliphatic heterocycles. The van der Waals surface area contributed by atoms with Crippen LogP contribution in [0.1, 0.15) is 6.92 Å². The van der Waals surface area contributed by atoms with Gasteiger partial charge in [0.05, 0.1) is 5.75 Å². The zero-order valence-corrected chi connectivity index (χ0v) is 6.36. The molecule has 4 nitrogen and oxygen atoms in total. The van der Waals surface area contributed by atoms with Crippen molar-refractivity contribution in [3.63, 3.8) is 0 Å². The summed E-state index contributed by atoms with van der Waals surface area (Å²) in [6.45, 7) is 0.951. The normalized spacial score (nSPS) is 13.0. The van der Waals surface area contributed by atoms with Crippen LogP contribution in [0.15, 0.2) is 0 Å². The fraction of sp³-hybridized carbons (Fsp3) is 0.750. The minimum atomic E-state index is -4.83. The molecule has 0 fully saturated rings. The number of sulfone groups is 1. The maximum absolute atomic E-state index is 12.1. The fourth-order valence-corrected chi connectivity index (χ4v) is 0.943. The Morgan fingerprint density at radius 2 is 1.91 bits per heavy atom. The molecule has 0 heterocycles. The predicted octanol–water partition coefficient (Wildman–Crippen LogP) is 0.0985. The summed E-state index contributed by atoms with van der Waals surface area (Å²) in [5.41, 5.74) is 0. The fourth-order valence-electron chi connectivity index (χ4n) is 0.314. The standard InChI is InChI=1S/C4H6F2O4S/c1-2-11(9,10)4(5,6)3(7)8/h2H2,1H3,(H,7,8). The van der Waals surface area contributed by atoms with Gasteiger partial charge in [-0.25, -0.2) is 13.2 Å². The Bertz CT molecular complexity index is 255. The highest BCUT2D eigenvalue weighted by molar-refractivity contribution is 7.93. The zero-order valence-electron chi connectivity index (χ0n) is 5.54. The molecular weight excluding hydrogens is 182 g/mol. The Kier molecular flexibility index (Phi) is 2.55. The molecule has 0 bridgehead atoms. The summed E-state index contributed by atoms with van der Waals surface area (Å²) in [6, 6.07) is 0. The van der Waals surface area contributed by atoms with Crippen LogP contribution >= 0.6 is 0 Å². The van der Waals surface area contributed by atoms with Gasteiger partial charge in [-0.3, -0.25) is 0 Å². The van der Waals surface area contributed by atoms with Gasteiger partial charge in [-0.1, -0.05) is 6.92 Å². The molecule has 0 saturated carbocycles. The van der Waals surface area contributed by atoms with E-state index in [2.05, 4.69) is 0 Å². The molecule has 0 spiro atoms. The minimum absolute atomic E-state index is 0.897.